The van der Waals surface area contributed by atoms with Crippen LogP contribution in [0.25, 0.3) is 44.5 Å². The molecule has 0 radical (unpaired) electrons. The summed E-state index contributed by atoms with van der Waals surface area (Å²) < 4.78 is 0. The fourth-order valence-electron chi connectivity index (χ4n) is 8.28. The van der Waals surface area contributed by atoms with Crippen molar-refractivity contribution >= 4 is 17.1 Å². The second kappa shape index (κ2) is 12.3. The Morgan fingerprint density at radius 3 is 1.52 bits per heavy atom. The zero-order valence-electron chi connectivity index (χ0n) is 28.9. The number of fused-ring (bicyclic) bond motifs is 4. The molecule has 1 nitrogen and oxygen atoms in total. The Morgan fingerprint density at radius 2 is 0.860 bits per heavy atom. The van der Waals surface area contributed by atoms with Crippen molar-refractivity contribution in [2.75, 3.05) is 4.90 Å². The molecule has 2 aliphatic carbocycles. The van der Waals surface area contributed by atoms with Crippen LogP contribution in [0.1, 0.15) is 48.9 Å². The number of rotatable bonds is 6. The minimum atomic E-state index is -0.0698. The predicted molar refractivity (Wildman–Crippen MR) is 212 cm³/mol. The Labute approximate surface area is 296 Å². The van der Waals surface area contributed by atoms with Gasteiger partial charge in [-0.25, -0.2) is 0 Å². The third kappa shape index (κ3) is 5.35. The van der Waals surface area contributed by atoms with E-state index in [-0.39, 0.29) is 5.41 Å². The summed E-state index contributed by atoms with van der Waals surface area (Å²) >= 11 is 0. The van der Waals surface area contributed by atoms with Gasteiger partial charge in [0.05, 0.1) is 0 Å². The molecule has 0 saturated heterocycles. The number of anilines is 3. The fourth-order valence-corrected chi connectivity index (χ4v) is 8.28. The monoisotopic (exact) mass is 643 g/mol. The van der Waals surface area contributed by atoms with Crippen LogP contribution in [0.2, 0.25) is 0 Å². The standard InChI is InChI=1S/C49H41N/c1-49(2)47-15-9-8-14-45(47)46-31-30-44(33-48(46)49)50(43-28-24-39(25-29-43)41-21-20-35-12-6-7-13-40(35)32-41)42-26-22-38(23-27-42)37-18-16-36(17-19-37)34-10-4-3-5-11-34/h3-5,8-11,14-33H,6-7,12-13H2,1-2H3. The summed E-state index contributed by atoms with van der Waals surface area (Å²) in [5, 5.41) is 0. The Morgan fingerprint density at radius 1 is 0.380 bits per heavy atom. The second-order valence-corrected chi connectivity index (χ2v) is 14.5. The van der Waals surface area contributed by atoms with Gasteiger partial charge in [-0.15, -0.1) is 0 Å². The topological polar surface area (TPSA) is 3.24 Å². The van der Waals surface area contributed by atoms with Crippen molar-refractivity contribution in [2.45, 2.75) is 44.9 Å². The van der Waals surface area contributed by atoms with E-state index in [0.29, 0.717) is 0 Å². The molecule has 0 bridgehead atoms. The molecule has 0 amide bonds. The van der Waals surface area contributed by atoms with Gasteiger partial charge in [-0.3, -0.25) is 0 Å². The maximum Gasteiger partial charge on any atom is 0.0465 e. The zero-order valence-corrected chi connectivity index (χ0v) is 28.9. The van der Waals surface area contributed by atoms with E-state index in [1.807, 2.05) is 0 Å². The summed E-state index contributed by atoms with van der Waals surface area (Å²) in [5.41, 5.74) is 19.4. The molecule has 0 heterocycles. The lowest BCUT2D eigenvalue weighted by Crippen LogP contribution is -2.16. The van der Waals surface area contributed by atoms with Crippen molar-refractivity contribution in [3.8, 4) is 44.5 Å². The SMILES string of the molecule is CC1(C)c2ccccc2-c2ccc(N(c3ccc(-c4ccc(-c5ccccc5)cc4)cc3)c3ccc(-c4ccc5c(c4)CCCC5)cc3)cc21. The number of hydrogen-bond donors (Lipinski definition) is 0. The quantitative estimate of drug-likeness (QED) is 0.174. The van der Waals surface area contributed by atoms with E-state index in [0.717, 1.165) is 11.4 Å². The Kier molecular flexibility index (Phi) is 7.50. The number of aryl methyl sites for hydroxylation is 2. The molecule has 1 heteroatoms. The summed E-state index contributed by atoms with van der Waals surface area (Å²) in [7, 11) is 0. The Hall–Kier alpha value is -5.66. The highest BCUT2D eigenvalue weighted by atomic mass is 15.1. The van der Waals surface area contributed by atoms with Crippen LogP contribution in [0.3, 0.4) is 0 Å². The van der Waals surface area contributed by atoms with E-state index in [1.165, 1.54) is 98.1 Å². The van der Waals surface area contributed by atoms with E-state index in [2.05, 4.69) is 183 Å². The van der Waals surface area contributed by atoms with Gasteiger partial charge in [0.25, 0.3) is 0 Å². The van der Waals surface area contributed by atoms with Crippen LogP contribution < -0.4 is 4.90 Å². The van der Waals surface area contributed by atoms with Crippen molar-refractivity contribution in [3.05, 3.63) is 186 Å². The number of benzene rings is 7. The van der Waals surface area contributed by atoms with E-state index >= 15 is 0 Å². The van der Waals surface area contributed by atoms with Crippen LogP contribution >= 0.6 is 0 Å². The summed E-state index contributed by atoms with van der Waals surface area (Å²) in [6, 6.07) is 60.7. The Bertz CT molecular complexity index is 2310. The van der Waals surface area contributed by atoms with Crippen molar-refractivity contribution in [3.63, 3.8) is 0 Å². The lowest BCUT2D eigenvalue weighted by molar-refractivity contribution is 0.660. The van der Waals surface area contributed by atoms with Gasteiger partial charge in [0.15, 0.2) is 0 Å². The molecule has 0 atom stereocenters. The molecule has 0 saturated carbocycles. The van der Waals surface area contributed by atoms with Gasteiger partial charge in [-0.1, -0.05) is 141 Å². The predicted octanol–water partition coefficient (Wildman–Crippen LogP) is 13.3. The van der Waals surface area contributed by atoms with Gasteiger partial charge in [0, 0.05) is 22.5 Å². The smallest absolute Gasteiger partial charge is 0.0465 e. The zero-order chi connectivity index (χ0) is 33.7. The molecular weight excluding hydrogens is 603 g/mol. The molecule has 7 aromatic rings. The van der Waals surface area contributed by atoms with Crippen LogP contribution in [-0.2, 0) is 18.3 Å². The first-order chi connectivity index (χ1) is 24.5. The van der Waals surface area contributed by atoms with E-state index in [9.17, 15) is 0 Å². The molecule has 242 valence electrons. The molecule has 0 unspecified atom stereocenters. The maximum atomic E-state index is 2.42. The summed E-state index contributed by atoms with van der Waals surface area (Å²) in [6.07, 6.45) is 5.01. The largest absolute Gasteiger partial charge is 0.310 e. The fraction of sp³-hybridized carbons (Fsp3) is 0.143. The highest BCUT2D eigenvalue weighted by molar-refractivity contribution is 5.86. The molecular formula is C49H41N. The third-order valence-corrected chi connectivity index (χ3v) is 11.1. The van der Waals surface area contributed by atoms with Crippen molar-refractivity contribution in [1.82, 2.24) is 0 Å². The lowest BCUT2D eigenvalue weighted by atomic mass is 9.82. The molecule has 0 aliphatic heterocycles. The molecule has 7 aromatic carbocycles. The third-order valence-electron chi connectivity index (χ3n) is 11.1. The van der Waals surface area contributed by atoms with E-state index in [1.54, 1.807) is 0 Å². The average Bonchev–Trinajstić information content (AvgIpc) is 3.41. The van der Waals surface area contributed by atoms with Crippen molar-refractivity contribution in [2.24, 2.45) is 0 Å². The van der Waals surface area contributed by atoms with Crippen molar-refractivity contribution in [1.29, 1.82) is 0 Å². The van der Waals surface area contributed by atoms with Gasteiger partial charge in [-0.05, 0) is 129 Å². The van der Waals surface area contributed by atoms with Gasteiger partial charge in [-0.2, -0.15) is 0 Å². The van der Waals surface area contributed by atoms with Gasteiger partial charge < -0.3 is 4.90 Å². The van der Waals surface area contributed by atoms with Crippen LogP contribution in [0.4, 0.5) is 17.1 Å². The average molecular weight is 644 g/mol. The van der Waals surface area contributed by atoms with Gasteiger partial charge in [0.1, 0.15) is 0 Å². The highest BCUT2D eigenvalue weighted by Crippen LogP contribution is 2.50. The molecule has 50 heavy (non-hydrogen) atoms. The van der Waals surface area contributed by atoms with Gasteiger partial charge >= 0.3 is 0 Å². The highest BCUT2D eigenvalue weighted by Gasteiger charge is 2.35. The van der Waals surface area contributed by atoms with Crippen LogP contribution in [0, 0.1) is 0 Å². The summed E-state index contributed by atoms with van der Waals surface area (Å²) in [6.45, 7) is 4.72. The van der Waals surface area contributed by atoms with E-state index in [4.69, 9.17) is 0 Å². The first kappa shape index (κ1) is 30.4. The molecule has 0 spiro atoms. The van der Waals surface area contributed by atoms with Crippen molar-refractivity contribution < 1.29 is 0 Å². The summed E-state index contributed by atoms with van der Waals surface area (Å²) in [5.74, 6) is 0. The lowest BCUT2D eigenvalue weighted by Gasteiger charge is -2.28. The second-order valence-electron chi connectivity index (χ2n) is 14.5. The van der Waals surface area contributed by atoms with Crippen LogP contribution in [0.15, 0.2) is 164 Å². The number of nitrogens with zero attached hydrogens (tertiary/aromatic N) is 1. The van der Waals surface area contributed by atoms with Crippen LogP contribution in [-0.4, -0.2) is 0 Å². The number of hydrogen-bond acceptors (Lipinski definition) is 1. The molecule has 2 aliphatic rings. The molecule has 9 rings (SSSR count). The maximum absolute atomic E-state index is 2.42. The first-order valence-electron chi connectivity index (χ1n) is 18.1. The van der Waals surface area contributed by atoms with E-state index < -0.39 is 0 Å². The molecule has 0 aromatic heterocycles. The summed E-state index contributed by atoms with van der Waals surface area (Å²) in [4.78, 5) is 2.41. The molecule has 0 fully saturated rings. The minimum absolute atomic E-state index is 0.0698. The Balaban J connectivity index is 1.09. The first-order valence-corrected chi connectivity index (χ1v) is 18.1. The molecule has 0 N–H and O–H groups in total. The van der Waals surface area contributed by atoms with Gasteiger partial charge in [0.2, 0.25) is 0 Å². The van der Waals surface area contributed by atoms with Crippen LogP contribution in [0.5, 0.6) is 0 Å². The normalized spacial score (nSPS) is 14.0. The minimum Gasteiger partial charge on any atom is -0.310 e.